The summed E-state index contributed by atoms with van der Waals surface area (Å²) in [5, 5.41) is 26.0. The van der Waals surface area contributed by atoms with Crippen LogP contribution in [0, 0.1) is 5.41 Å². The molecule has 0 aliphatic rings. The van der Waals surface area contributed by atoms with Crippen molar-refractivity contribution in [2.75, 3.05) is 26.4 Å². The van der Waals surface area contributed by atoms with Crippen LogP contribution in [0.2, 0.25) is 0 Å². The number of hydrogen-bond acceptors (Lipinski definition) is 5. The van der Waals surface area contributed by atoms with Gasteiger partial charge < -0.3 is 20.1 Å². The molecular formula is C15H32O5. The number of hydrogen-bond donors (Lipinski definition) is 3. The van der Waals surface area contributed by atoms with Crippen LogP contribution >= 0.6 is 0 Å². The minimum Gasteiger partial charge on any atom is -0.466 e. The zero-order valence-electron chi connectivity index (χ0n) is 13.2. The van der Waals surface area contributed by atoms with Crippen molar-refractivity contribution >= 4 is 5.97 Å². The van der Waals surface area contributed by atoms with Crippen molar-refractivity contribution < 1.29 is 24.9 Å². The minimum absolute atomic E-state index is 0.0414. The highest BCUT2D eigenvalue weighted by molar-refractivity contribution is 5.69. The van der Waals surface area contributed by atoms with Gasteiger partial charge >= 0.3 is 5.97 Å². The summed E-state index contributed by atoms with van der Waals surface area (Å²) in [6.45, 7) is 6.05. The zero-order valence-corrected chi connectivity index (χ0v) is 13.2. The fraction of sp³-hybridized carbons (Fsp3) is 0.933. The number of carbonyl (C=O) groups excluding carboxylic acids is 1. The van der Waals surface area contributed by atoms with Crippen molar-refractivity contribution in [1.29, 1.82) is 0 Å². The Labute approximate surface area is 123 Å². The van der Waals surface area contributed by atoms with Gasteiger partial charge in [-0.05, 0) is 19.3 Å². The SMILES string of the molecule is CCC(CO)(CO)CO.CCCCCC(=O)OCCC. The third-order valence-corrected chi connectivity index (χ3v) is 3.21. The lowest BCUT2D eigenvalue weighted by Crippen LogP contribution is -2.32. The van der Waals surface area contributed by atoms with Crippen molar-refractivity contribution in [3.63, 3.8) is 0 Å². The smallest absolute Gasteiger partial charge is 0.305 e. The largest absolute Gasteiger partial charge is 0.466 e. The van der Waals surface area contributed by atoms with Gasteiger partial charge in [0, 0.05) is 11.8 Å². The monoisotopic (exact) mass is 292 g/mol. The minimum atomic E-state index is -0.667. The number of aliphatic hydroxyl groups excluding tert-OH is 3. The second-order valence-corrected chi connectivity index (χ2v) is 5.01. The van der Waals surface area contributed by atoms with E-state index in [0.717, 1.165) is 25.7 Å². The molecule has 5 heteroatoms. The van der Waals surface area contributed by atoms with Crippen molar-refractivity contribution in [2.45, 2.75) is 59.3 Å². The van der Waals surface area contributed by atoms with E-state index in [1.165, 1.54) is 0 Å². The average molecular weight is 292 g/mol. The number of rotatable bonds is 10. The van der Waals surface area contributed by atoms with Crippen LogP contribution in [0.3, 0.4) is 0 Å². The summed E-state index contributed by atoms with van der Waals surface area (Å²) in [4.78, 5) is 10.9. The maximum absolute atomic E-state index is 10.9. The first-order valence-corrected chi connectivity index (χ1v) is 7.53. The first-order valence-electron chi connectivity index (χ1n) is 7.53. The Morgan fingerprint density at radius 2 is 1.50 bits per heavy atom. The number of esters is 1. The first-order chi connectivity index (χ1) is 9.55. The van der Waals surface area contributed by atoms with Crippen LogP contribution in [-0.4, -0.2) is 47.7 Å². The highest BCUT2D eigenvalue weighted by atomic mass is 16.5. The number of carbonyl (C=O) groups is 1. The van der Waals surface area contributed by atoms with Gasteiger partial charge in [0.15, 0.2) is 0 Å². The molecule has 0 unspecified atom stereocenters. The van der Waals surface area contributed by atoms with E-state index in [4.69, 9.17) is 20.1 Å². The van der Waals surface area contributed by atoms with Gasteiger partial charge in [0.1, 0.15) is 0 Å². The molecular weight excluding hydrogens is 260 g/mol. The summed E-state index contributed by atoms with van der Waals surface area (Å²) in [6, 6.07) is 0. The Balaban J connectivity index is 0. The molecule has 0 fully saturated rings. The van der Waals surface area contributed by atoms with E-state index in [1.807, 2.05) is 13.8 Å². The molecule has 3 N–H and O–H groups in total. The molecule has 0 aliphatic carbocycles. The summed E-state index contributed by atoms with van der Waals surface area (Å²) in [5.74, 6) is -0.0414. The molecule has 0 rings (SSSR count). The lowest BCUT2D eigenvalue weighted by atomic mass is 9.88. The molecule has 0 atom stereocenters. The summed E-state index contributed by atoms with van der Waals surface area (Å²) in [5.41, 5.74) is -0.667. The molecule has 0 aromatic heterocycles. The highest BCUT2D eigenvalue weighted by Gasteiger charge is 2.24. The quantitative estimate of drug-likeness (QED) is 0.423. The molecule has 0 aromatic rings. The fourth-order valence-corrected chi connectivity index (χ4v) is 1.29. The molecule has 0 bridgehead atoms. The highest BCUT2D eigenvalue weighted by Crippen LogP contribution is 2.18. The van der Waals surface area contributed by atoms with E-state index in [9.17, 15) is 4.79 Å². The van der Waals surface area contributed by atoms with Crippen molar-refractivity contribution in [2.24, 2.45) is 5.41 Å². The maximum Gasteiger partial charge on any atom is 0.305 e. The Morgan fingerprint density at radius 1 is 0.950 bits per heavy atom. The van der Waals surface area contributed by atoms with Crippen molar-refractivity contribution in [1.82, 2.24) is 0 Å². The van der Waals surface area contributed by atoms with E-state index in [2.05, 4.69) is 6.92 Å². The van der Waals surface area contributed by atoms with Gasteiger partial charge in [-0.15, -0.1) is 0 Å². The molecule has 0 heterocycles. The lowest BCUT2D eigenvalue weighted by Gasteiger charge is -2.24. The topological polar surface area (TPSA) is 87.0 Å². The van der Waals surface area contributed by atoms with E-state index in [-0.39, 0.29) is 25.8 Å². The van der Waals surface area contributed by atoms with Crippen LogP contribution in [0.1, 0.15) is 59.3 Å². The van der Waals surface area contributed by atoms with Gasteiger partial charge in [0.05, 0.1) is 26.4 Å². The molecule has 0 aromatic carbocycles. The molecule has 0 saturated heterocycles. The van der Waals surface area contributed by atoms with Crippen LogP contribution in [0.5, 0.6) is 0 Å². The van der Waals surface area contributed by atoms with E-state index in [0.29, 0.717) is 19.4 Å². The van der Waals surface area contributed by atoms with Crippen LogP contribution in [0.15, 0.2) is 0 Å². The molecule has 122 valence electrons. The normalized spacial score (nSPS) is 10.7. The van der Waals surface area contributed by atoms with Crippen molar-refractivity contribution in [3.05, 3.63) is 0 Å². The lowest BCUT2D eigenvalue weighted by molar-refractivity contribution is -0.143. The Bertz CT molecular complexity index is 197. The molecule has 0 amide bonds. The molecule has 20 heavy (non-hydrogen) atoms. The molecule has 0 aliphatic heterocycles. The predicted molar refractivity (Wildman–Crippen MR) is 79.4 cm³/mol. The zero-order chi connectivity index (χ0) is 15.9. The van der Waals surface area contributed by atoms with E-state index < -0.39 is 5.41 Å². The van der Waals surface area contributed by atoms with E-state index in [1.54, 1.807) is 0 Å². The molecule has 0 radical (unpaired) electrons. The third-order valence-electron chi connectivity index (χ3n) is 3.21. The van der Waals surface area contributed by atoms with Crippen LogP contribution in [-0.2, 0) is 9.53 Å². The van der Waals surface area contributed by atoms with Gasteiger partial charge in [-0.1, -0.05) is 33.6 Å². The Morgan fingerprint density at radius 3 is 1.80 bits per heavy atom. The summed E-state index contributed by atoms with van der Waals surface area (Å²) in [6.07, 6.45) is 5.35. The average Bonchev–Trinajstić information content (AvgIpc) is 2.49. The third kappa shape index (κ3) is 11.2. The second-order valence-electron chi connectivity index (χ2n) is 5.01. The number of ether oxygens (including phenoxy) is 1. The molecule has 0 spiro atoms. The van der Waals surface area contributed by atoms with Crippen LogP contribution in [0.25, 0.3) is 0 Å². The predicted octanol–water partition coefficient (Wildman–Crippen LogP) is 1.88. The summed E-state index contributed by atoms with van der Waals surface area (Å²) in [7, 11) is 0. The molecule has 0 saturated carbocycles. The second kappa shape index (κ2) is 14.8. The maximum atomic E-state index is 10.9. The number of unbranched alkanes of at least 4 members (excludes halogenated alkanes) is 2. The Hall–Kier alpha value is -0.650. The summed E-state index contributed by atoms with van der Waals surface area (Å²) < 4.78 is 4.90. The molecule has 5 nitrogen and oxygen atoms in total. The van der Waals surface area contributed by atoms with Gasteiger partial charge in [-0.2, -0.15) is 0 Å². The summed E-state index contributed by atoms with van der Waals surface area (Å²) >= 11 is 0. The van der Waals surface area contributed by atoms with Gasteiger partial charge in [-0.25, -0.2) is 0 Å². The standard InChI is InChI=1S/C9H18O2.C6H14O3/c1-3-5-6-7-9(10)11-8-4-2;1-2-6(3-7,4-8)5-9/h3-8H2,1-2H3;7-9H,2-5H2,1H3. The fourth-order valence-electron chi connectivity index (χ4n) is 1.29. The van der Waals surface area contributed by atoms with E-state index >= 15 is 0 Å². The van der Waals surface area contributed by atoms with Crippen LogP contribution < -0.4 is 0 Å². The van der Waals surface area contributed by atoms with Gasteiger partial charge in [-0.3, -0.25) is 4.79 Å². The van der Waals surface area contributed by atoms with Gasteiger partial charge in [0.25, 0.3) is 0 Å². The first kappa shape index (κ1) is 21.6. The Kier molecular flexibility index (Phi) is 16.0. The van der Waals surface area contributed by atoms with Gasteiger partial charge in [0.2, 0.25) is 0 Å². The number of aliphatic hydroxyl groups is 3. The van der Waals surface area contributed by atoms with Crippen LogP contribution in [0.4, 0.5) is 0 Å². The van der Waals surface area contributed by atoms with Crippen molar-refractivity contribution in [3.8, 4) is 0 Å².